The van der Waals surface area contributed by atoms with Gasteiger partial charge in [-0.25, -0.2) is 4.68 Å². The third-order valence-corrected chi connectivity index (χ3v) is 7.57. The molecule has 1 fully saturated rings. The summed E-state index contributed by atoms with van der Waals surface area (Å²) in [5, 5.41) is 14.0. The van der Waals surface area contributed by atoms with Crippen LogP contribution in [0.1, 0.15) is 80.0 Å². The number of tetrazole rings is 1. The lowest BCUT2D eigenvalue weighted by atomic mass is 9.95. The van der Waals surface area contributed by atoms with Gasteiger partial charge in [-0.3, -0.25) is 9.69 Å². The number of nitrogens with one attached hydrogen (secondary N) is 1. The molecule has 0 radical (unpaired) electrons. The molecule has 1 saturated carbocycles. The van der Waals surface area contributed by atoms with Crippen molar-refractivity contribution in [1.82, 2.24) is 30.1 Å². The Kier molecular flexibility index (Phi) is 7.65. The number of aromatic nitrogens is 5. The molecular weight excluding hydrogens is 464 g/mol. The predicted molar refractivity (Wildman–Crippen MR) is 145 cm³/mol. The van der Waals surface area contributed by atoms with Gasteiger partial charge in [-0.1, -0.05) is 56.0 Å². The third kappa shape index (κ3) is 5.59. The van der Waals surface area contributed by atoms with E-state index in [0.717, 1.165) is 41.7 Å². The van der Waals surface area contributed by atoms with Crippen molar-refractivity contribution in [3.63, 3.8) is 0 Å². The van der Waals surface area contributed by atoms with E-state index >= 15 is 0 Å². The normalized spacial score (nSPS) is 15.4. The van der Waals surface area contributed by atoms with Gasteiger partial charge >= 0.3 is 0 Å². The molecule has 5 rings (SSSR count). The Hall–Kier alpha value is -3.52. The zero-order valence-electron chi connectivity index (χ0n) is 22.0. The summed E-state index contributed by atoms with van der Waals surface area (Å²) in [6.45, 7) is 5.43. The second-order valence-corrected chi connectivity index (χ2v) is 10.2. The molecule has 1 atom stereocenters. The summed E-state index contributed by atoms with van der Waals surface area (Å²) in [5.41, 5.74) is 3.85. The molecule has 8 heteroatoms. The Labute approximate surface area is 217 Å². The SMILES string of the molecule is CC[C@@H](c1nnnn1C1CCCCC1)N(Cc1ccc(C)cc1)Cc1cc2cc(OC)ccc2[nH]c1=O. The fourth-order valence-electron chi connectivity index (χ4n) is 5.51. The van der Waals surface area contributed by atoms with Gasteiger partial charge in [0.2, 0.25) is 0 Å². The molecule has 37 heavy (non-hydrogen) atoms. The van der Waals surface area contributed by atoms with Crippen LogP contribution in [0.4, 0.5) is 0 Å². The minimum atomic E-state index is -0.0756. The van der Waals surface area contributed by atoms with Crippen molar-refractivity contribution < 1.29 is 4.74 Å². The van der Waals surface area contributed by atoms with Crippen LogP contribution in [-0.2, 0) is 13.1 Å². The number of fused-ring (bicyclic) bond motifs is 1. The maximum absolute atomic E-state index is 13.2. The van der Waals surface area contributed by atoms with Gasteiger partial charge in [-0.2, -0.15) is 0 Å². The third-order valence-electron chi connectivity index (χ3n) is 7.57. The molecule has 0 unspecified atom stereocenters. The van der Waals surface area contributed by atoms with Crippen molar-refractivity contribution in [1.29, 1.82) is 0 Å². The van der Waals surface area contributed by atoms with Crippen molar-refractivity contribution in [2.24, 2.45) is 0 Å². The van der Waals surface area contributed by atoms with Crippen LogP contribution in [0.5, 0.6) is 5.75 Å². The van der Waals surface area contributed by atoms with E-state index in [4.69, 9.17) is 4.74 Å². The Morgan fingerprint density at radius 1 is 1.08 bits per heavy atom. The molecule has 0 aliphatic heterocycles. The number of aromatic amines is 1. The summed E-state index contributed by atoms with van der Waals surface area (Å²) in [4.78, 5) is 18.6. The molecule has 4 aromatic rings. The van der Waals surface area contributed by atoms with Gasteiger partial charge in [0.25, 0.3) is 5.56 Å². The smallest absolute Gasteiger partial charge is 0.252 e. The first-order valence-electron chi connectivity index (χ1n) is 13.3. The molecule has 2 heterocycles. The van der Waals surface area contributed by atoms with Crippen molar-refractivity contribution in [2.45, 2.75) is 77.5 Å². The molecule has 0 bridgehead atoms. The largest absolute Gasteiger partial charge is 0.497 e. The van der Waals surface area contributed by atoms with Crippen LogP contribution in [0.3, 0.4) is 0 Å². The second-order valence-electron chi connectivity index (χ2n) is 10.2. The lowest BCUT2D eigenvalue weighted by Gasteiger charge is -2.32. The highest BCUT2D eigenvalue weighted by atomic mass is 16.5. The van der Waals surface area contributed by atoms with E-state index in [2.05, 4.69) is 68.2 Å². The van der Waals surface area contributed by atoms with E-state index < -0.39 is 0 Å². The van der Waals surface area contributed by atoms with Gasteiger partial charge in [-0.15, -0.1) is 5.10 Å². The highest BCUT2D eigenvalue weighted by Crippen LogP contribution is 2.33. The maximum Gasteiger partial charge on any atom is 0.252 e. The minimum absolute atomic E-state index is 0.0290. The molecule has 2 aromatic carbocycles. The summed E-state index contributed by atoms with van der Waals surface area (Å²) < 4.78 is 7.47. The standard InChI is InChI=1S/C29H36N6O2/c1-4-27(28-31-32-33-35(28)24-8-6-5-7-9-24)34(18-21-12-10-20(2)11-13-21)19-23-16-22-17-25(37-3)14-15-26(22)30-29(23)36/h10-17,24,27H,4-9,18-19H2,1-3H3,(H,30,36)/t27-/m0/s1. The molecule has 0 spiro atoms. The molecule has 1 N–H and O–H groups in total. The molecule has 8 nitrogen and oxygen atoms in total. The molecule has 2 aromatic heterocycles. The summed E-state index contributed by atoms with van der Waals surface area (Å²) >= 11 is 0. The summed E-state index contributed by atoms with van der Waals surface area (Å²) in [5.74, 6) is 1.65. The monoisotopic (exact) mass is 500 g/mol. The number of ether oxygens (including phenoxy) is 1. The molecule has 194 valence electrons. The van der Waals surface area contributed by atoms with Gasteiger partial charge in [-0.05, 0) is 66.4 Å². The lowest BCUT2D eigenvalue weighted by molar-refractivity contribution is 0.155. The van der Waals surface area contributed by atoms with Crippen molar-refractivity contribution in [2.75, 3.05) is 7.11 Å². The fourth-order valence-corrected chi connectivity index (χ4v) is 5.51. The van der Waals surface area contributed by atoms with E-state index in [1.807, 2.05) is 24.3 Å². The summed E-state index contributed by atoms with van der Waals surface area (Å²) in [6.07, 6.45) is 6.75. The van der Waals surface area contributed by atoms with Crippen molar-refractivity contribution in [3.05, 3.63) is 81.4 Å². The first-order valence-corrected chi connectivity index (χ1v) is 13.3. The molecule has 1 aliphatic rings. The number of rotatable bonds is 9. The van der Waals surface area contributed by atoms with Crippen molar-refractivity contribution >= 4 is 10.9 Å². The number of aryl methyl sites for hydroxylation is 1. The summed E-state index contributed by atoms with van der Waals surface area (Å²) in [6, 6.07) is 16.6. The Morgan fingerprint density at radius 3 is 2.59 bits per heavy atom. The maximum atomic E-state index is 13.2. The van der Waals surface area contributed by atoms with Crippen LogP contribution in [0.25, 0.3) is 10.9 Å². The van der Waals surface area contributed by atoms with E-state index in [-0.39, 0.29) is 11.6 Å². The van der Waals surface area contributed by atoms with Gasteiger partial charge in [0.15, 0.2) is 5.82 Å². The van der Waals surface area contributed by atoms with Crippen LogP contribution in [-0.4, -0.2) is 37.2 Å². The number of hydrogen-bond acceptors (Lipinski definition) is 6. The summed E-state index contributed by atoms with van der Waals surface area (Å²) in [7, 11) is 1.65. The van der Waals surface area contributed by atoms with Crippen LogP contribution < -0.4 is 10.3 Å². The highest BCUT2D eigenvalue weighted by molar-refractivity contribution is 5.80. The highest BCUT2D eigenvalue weighted by Gasteiger charge is 2.29. The molecule has 0 saturated heterocycles. The van der Waals surface area contributed by atoms with E-state index in [9.17, 15) is 4.79 Å². The quantitative estimate of drug-likeness (QED) is 0.327. The Balaban J connectivity index is 1.52. The molecule has 0 amide bonds. The van der Waals surface area contributed by atoms with Gasteiger partial charge in [0.05, 0.1) is 19.2 Å². The number of nitrogens with zero attached hydrogens (tertiary/aromatic N) is 5. The predicted octanol–water partition coefficient (Wildman–Crippen LogP) is 5.49. The minimum Gasteiger partial charge on any atom is -0.497 e. The van der Waals surface area contributed by atoms with Crippen molar-refractivity contribution in [3.8, 4) is 5.75 Å². The Bertz CT molecular complexity index is 1390. The van der Waals surface area contributed by atoms with E-state index in [1.54, 1.807) is 7.11 Å². The first kappa shape index (κ1) is 25.1. The first-order chi connectivity index (χ1) is 18.1. The van der Waals surface area contributed by atoms with Gasteiger partial charge in [0, 0.05) is 29.6 Å². The molecule has 1 aliphatic carbocycles. The molecular formula is C29H36N6O2. The van der Waals surface area contributed by atoms with Gasteiger partial charge < -0.3 is 9.72 Å². The van der Waals surface area contributed by atoms with E-state index in [0.29, 0.717) is 24.7 Å². The van der Waals surface area contributed by atoms with Crippen LogP contribution in [0.15, 0.2) is 53.3 Å². The zero-order chi connectivity index (χ0) is 25.8. The number of methoxy groups -OCH3 is 1. The topological polar surface area (TPSA) is 88.9 Å². The lowest BCUT2D eigenvalue weighted by Crippen LogP contribution is -2.33. The Morgan fingerprint density at radius 2 is 1.86 bits per heavy atom. The second kappa shape index (κ2) is 11.3. The van der Waals surface area contributed by atoms with Crippen LogP contribution >= 0.6 is 0 Å². The van der Waals surface area contributed by atoms with Crippen LogP contribution in [0.2, 0.25) is 0 Å². The number of hydrogen-bond donors (Lipinski definition) is 1. The average Bonchev–Trinajstić information content (AvgIpc) is 3.40. The number of H-pyrrole nitrogens is 1. The average molecular weight is 501 g/mol. The van der Waals surface area contributed by atoms with E-state index in [1.165, 1.54) is 30.4 Å². The number of pyridine rings is 1. The van der Waals surface area contributed by atoms with Gasteiger partial charge in [0.1, 0.15) is 5.75 Å². The number of benzene rings is 2. The van der Waals surface area contributed by atoms with Crippen LogP contribution in [0, 0.1) is 6.92 Å². The fraction of sp³-hybridized carbons (Fsp3) is 0.448. The zero-order valence-corrected chi connectivity index (χ0v) is 22.0.